The van der Waals surface area contributed by atoms with Crippen LogP contribution in [0.4, 0.5) is 0 Å². The average molecular weight is 301 g/mol. The standard InChI is InChI=1S/C17H19NO2S/c1-2-15-14-9-11-21-16(14)8-10-18(15)17(19)12-20-13-6-4-3-5-7-13/h3-7,9,11,15H,2,8,10,12H2,1H3. The van der Waals surface area contributed by atoms with E-state index in [4.69, 9.17) is 4.74 Å². The topological polar surface area (TPSA) is 29.5 Å². The minimum atomic E-state index is 0.0718. The van der Waals surface area contributed by atoms with Gasteiger partial charge in [-0.1, -0.05) is 25.1 Å². The third kappa shape index (κ3) is 2.95. The fourth-order valence-corrected chi connectivity index (χ4v) is 3.81. The summed E-state index contributed by atoms with van der Waals surface area (Å²) >= 11 is 1.80. The number of fused-ring (bicyclic) bond motifs is 1. The number of ether oxygens (including phenoxy) is 1. The fraction of sp³-hybridized carbons (Fsp3) is 0.353. The van der Waals surface area contributed by atoms with Gasteiger partial charge in [0.1, 0.15) is 5.75 Å². The third-order valence-corrected chi connectivity index (χ3v) is 4.90. The van der Waals surface area contributed by atoms with Gasteiger partial charge in [0.2, 0.25) is 0 Å². The van der Waals surface area contributed by atoms with E-state index in [-0.39, 0.29) is 18.6 Å². The maximum atomic E-state index is 12.5. The van der Waals surface area contributed by atoms with Crippen molar-refractivity contribution in [2.24, 2.45) is 0 Å². The van der Waals surface area contributed by atoms with Crippen molar-refractivity contribution in [1.29, 1.82) is 0 Å². The van der Waals surface area contributed by atoms with Gasteiger partial charge in [-0.3, -0.25) is 4.79 Å². The molecule has 1 aromatic heterocycles. The van der Waals surface area contributed by atoms with Crippen LogP contribution in [0.2, 0.25) is 0 Å². The van der Waals surface area contributed by atoms with E-state index in [0.29, 0.717) is 0 Å². The lowest BCUT2D eigenvalue weighted by Crippen LogP contribution is -2.41. The molecule has 0 spiro atoms. The van der Waals surface area contributed by atoms with Crippen LogP contribution in [0.3, 0.4) is 0 Å². The number of hydrogen-bond acceptors (Lipinski definition) is 3. The van der Waals surface area contributed by atoms with E-state index in [1.54, 1.807) is 11.3 Å². The van der Waals surface area contributed by atoms with Gasteiger partial charge in [-0.25, -0.2) is 0 Å². The fourth-order valence-electron chi connectivity index (χ4n) is 2.88. The van der Waals surface area contributed by atoms with Crippen LogP contribution in [0.25, 0.3) is 0 Å². The molecule has 4 heteroatoms. The molecule has 0 aliphatic carbocycles. The number of carbonyl (C=O) groups excluding carboxylic acids is 1. The molecule has 0 fully saturated rings. The summed E-state index contributed by atoms with van der Waals surface area (Å²) in [6.07, 6.45) is 1.90. The van der Waals surface area contributed by atoms with E-state index >= 15 is 0 Å². The van der Waals surface area contributed by atoms with E-state index < -0.39 is 0 Å². The zero-order valence-electron chi connectivity index (χ0n) is 12.1. The number of benzene rings is 1. The van der Waals surface area contributed by atoms with E-state index in [9.17, 15) is 4.79 Å². The lowest BCUT2D eigenvalue weighted by Gasteiger charge is -2.35. The quantitative estimate of drug-likeness (QED) is 0.862. The Hall–Kier alpha value is -1.81. The van der Waals surface area contributed by atoms with Gasteiger partial charge in [0.05, 0.1) is 6.04 Å². The van der Waals surface area contributed by atoms with Crippen LogP contribution in [0, 0.1) is 0 Å². The summed E-state index contributed by atoms with van der Waals surface area (Å²) in [5.41, 5.74) is 1.32. The first-order valence-corrected chi connectivity index (χ1v) is 8.21. The van der Waals surface area contributed by atoms with Gasteiger partial charge in [-0.2, -0.15) is 0 Å². The number of amides is 1. The predicted molar refractivity (Wildman–Crippen MR) is 84.7 cm³/mol. The van der Waals surface area contributed by atoms with Gasteiger partial charge in [0.25, 0.3) is 5.91 Å². The third-order valence-electron chi connectivity index (χ3n) is 3.91. The minimum absolute atomic E-state index is 0.0718. The maximum Gasteiger partial charge on any atom is 0.261 e. The number of nitrogens with zero attached hydrogens (tertiary/aromatic N) is 1. The summed E-state index contributed by atoms with van der Waals surface area (Å²) in [4.78, 5) is 15.9. The summed E-state index contributed by atoms with van der Waals surface area (Å²) in [5.74, 6) is 0.815. The Morgan fingerprint density at radius 3 is 2.90 bits per heavy atom. The monoisotopic (exact) mass is 301 g/mol. The van der Waals surface area contributed by atoms with Crippen molar-refractivity contribution in [3.05, 3.63) is 52.2 Å². The van der Waals surface area contributed by atoms with Crippen molar-refractivity contribution in [3.8, 4) is 5.75 Å². The number of para-hydroxylation sites is 1. The molecule has 2 heterocycles. The summed E-state index contributed by atoms with van der Waals surface area (Å²) in [5, 5.41) is 2.13. The van der Waals surface area contributed by atoms with Gasteiger partial charge in [-0.05, 0) is 42.0 Å². The molecular formula is C17H19NO2S. The Balaban J connectivity index is 1.67. The van der Waals surface area contributed by atoms with Crippen molar-refractivity contribution in [2.75, 3.05) is 13.2 Å². The average Bonchev–Trinajstić information content (AvgIpc) is 3.01. The highest BCUT2D eigenvalue weighted by Crippen LogP contribution is 2.35. The zero-order chi connectivity index (χ0) is 14.7. The molecule has 1 aliphatic rings. The van der Waals surface area contributed by atoms with E-state index in [0.717, 1.165) is 25.1 Å². The Kier molecular flexibility index (Phi) is 4.25. The van der Waals surface area contributed by atoms with Crippen LogP contribution in [0.5, 0.6) is 5.75 Å². The summed E-state index contributed by atoms with van der Waals surface area (Å²) in [6, 6.07) is 11.9. The van der Waals surface area contributed by atoms with Crippen LogP contribution in [0.1, 0.15) is 29.8 Å². The lowest BCUT2D eigenvalue weighted by atomic mass is 9.98. The normalized spacial score (nSPS) is 17.4. The van der Waals surface area contributed by atoms with E-state index in [1.165, 1.54) is 10.4 Å². The predicted octanol–water partition coefficient (Wildman–Crippen LogP) is 3.66. The Bertz CT molecular complexity index is 608. The number of carbonyl (C=O) groups is 1. The van der Waals surface area contributed by atoms with E-state index in [1.807, 2.05) is 35.2 Å². The molecule has 110 valence electrons. The zero-order valence-corrected chi connectivity index (χ0v) is 12.9. The molecular weight excluding hydrogens is 282 g/mol. The smallest absolute Gasteiger partial charge is 0.261 e. The summed E-state index contributed by atoms with van der Waals surface area (Å²) in [7, 11) is 0. The van der Waals surface area contributed by atoms with Crippen molar-refractivity contribution in [3.63, 3.8) is 0 Å². The summed E-state index contributed by atoms with van der Waals surface area (Å²) in [6.45, 7) is 3.04. The molecule has 0 saturated heterocycles. The largest absolute Gasteiger partial charge is 0.484 e. The second kappa shape index (κ2) is 6.31. The van der Waals surface area contributed by atoms with Gasteiger partial charge < -0.3 is 9.64 Å². The van der Waals surface area contributed by atoms with Crippen LogP contribution in [-0.2, 0) is 11.2 Å². The molecule has 0 N–H and O–H groups in total. The molecule has 1 unspecified atom stereocenters. The van der Waals surface area contributed by atoms with Gasteiger partial charge in [-0.15, -0.1) is 11.3 Å². The molecule has 21 heavy (non-hydrogen) atoms. The van der Waals surface area contributed by atoms with Crippen molar-refractivity contribution >= 4 is 17.2 Å². The molecule has 0 saturated carbocycles. The van der Waals surface area contributed by atoms with Crippen molar-refractivity contribution in [2.45, 2.75) is 25.8 Å². The molecule has 1 atom stereocenters. The molecule has 0 radical (unpaired) electrons. The van der Waals surface area contributed by atoms with Crippen LogP contribution < -0.4 is 4.74 Å². The SMILES string of the molecule is CCC1c2ccsc2CCN1C(=O)COc1ccccc1. The molecule has 1 amide bonds. The van der Waals surface area contributed by atoms with Gasteiger partial charge in [0, 0.05) is 11.4 Å². The first-order chi connectivity index (χ1) is 10.3. The second-order valence-electron chi connectivity index (χ2n) is 5.16. The molecule has 3 nitrogen and oxygen atoms in total. The highest BCUT2D eigenvalue weighted by Gasteiger charge is 2.30. The Morgan fingerprint density at radius 2 is 2.14 bits per heavy atom. The van der Waals surface area contributed by atoms with Crippen LogP contribution in [0.15, 0.2) is 41.8 Å². The lowest BCUT2D eigenvalue weighted by molar-refractivity contribution is -0.136. The Labute approximate surface area is 129 Å². The van der Waals surface area contributed by atoms with Crippen molar-refractivity contribution < 1.29 is 9.53 Å². The van der Waals surface area contributed by atoms with Gasteiger partial charge in [0.15, 0.2) is 6.61 Å². The Morgan fingerprint density at radius 1 is 1.33 bits per heavy atom. The van der Waals surface area contributed by atoms with Crippen molar-refractivity contribution in [1.82, 2.24) is 4.90 Å². The van der Waals surface area contributed by atoms with Crippen LogP contribution >= 0.6 is 11.3 Å². The molecule has 0 bridgehead atoms. The molecule has 2 aromatic rings. The number of thiophene rings is 1. The first kappa shape index (κ1) is 14.1. The first-order valence-electron chi connectivity index (χ1n) is 7.33. The molecule has 1 aromatic carbocycles. The number of rotatable bonds is 4. The van der Waals surface area contributed by atoms with Gasteiger partial charge >= 0.3 is 0 Å². The highest BCUT2D eigenvalue weighted by atomic mass is 32.1. The second-order valence-corrected chi connectivity index (χ2v) is 6.16. The van der Waals surface area contributed by atoms with Crippen LogP contribution in [-0.4, -0.2) is 24.0 Å². The summed E-state index contributed by atoms with van der Waals surface area (Å²) < 4.78 is 5.59. The molecule has 3 rings (SSSR count). The maximum absolute atomic E-state index is 12.5. The minimum Gasteiger partial charge on any atom is -0.484 e. The number of hydrogen-bond donors (Lipinski definition) is 0. The highest BCUT2D eigenvalue weighted by molar-refractivity contribution is 7.10. The molecule has 1 aliphatic heterocycles. The van der Waals surface area contributed by atoms with E-state index in [2.05, 4.69) is 18.4 Å².